The summed E-state index contributed by atoms with van der Waals surface area (Å²) in [4.78, 5) is 28.9. The van der Waals surface area contributed by atoms with Crippen LogP contribution in [0.25, 0.3) is 0 Å². The number of terminal acetylenes is 1. The van der Waals surface area contributed by atoms with Crippen molar-refractivity contribution in [1.82, 2.24) is 15.3 Å². The van der Waals surface area contributed by atoms with Gasteiger partial charge in [-0.25, -0.2) is 9.78 Å². The maximum Gasteiger partial charge on any atom is 0.326 e. The molecule has 0 unspecified atom stereocenters. The van der Waals surface area contributed by atoms with Gasteiger partial charge in [-0.05, 0) is 0 Å². The molecular formula is C11H13N3O3. The highest BCUT2D eigenvalue weighted by atomic mass is 16.4. The van der Waals surface area contributed by atoms with Gasteiger partial charge in [0.1, 0.15) is 6.04 Å². The summed E-state index contributed by atoms with van der Waals surface area (Å²) in [6.45, 7) is 0. The van der Waals surface area contributed by atoms with Gasteiger partial charge < -0.3 is 15.4 Å². The summed E-state index contributed by atoms with van der Waals surface area (Å²) in [6, 6.07) is -0.972. The van der Waals surface area contributed by atoms with E-state index >= 15 is 0 Å². The molecule has 0 aliphatic rings. The fraction of sp³-hybridized carbons (Fsp3) is 0.364. The topological polar surface area (TPSA) is 95.1 Å². The third-order valence-electron chi connectivity index (χ3n) is 2.11. The maximum absolute atomic E-state index is 11.3. The number of carboxylic acid groups (broad SMARTS) is 1. The molecule has 1 aromatic heterocycles. The second-order valence-electron chi connectivity index (χ2n) is 3.44. The molecule has 0 radical (unpaired) electrons. The first-order valence-electron chi connectivity index (χ1n) is 5.06. The van der Waals surface area contributed by atoms with Crippen LogP contribution < -0.4 is 5.32 Å². The number of nitrogens with one attached hydrogen (secondary N) is 2. The number of aromatic nitrogens is 2. The number of nitrogens with zero attached hydrogens (tertiary/aromatic N) is 1. The molecule has 1 rings (SSSR count). The zero-order valence-corrected chi connectivity index (χ0v) is 9.14. The average Bonchev–Trinajstić information content (AvgIpc) is 2.78. The number of carboxylic acids is 1. The normalized spacial score (nSPS) is 11.5. The molecule has 90 valence electrons. The van der Waals surface area contributed by atoms with E-state index in [0.717, 1.165) is 0 Å². The van der Waals surface area contributed by atoms with E-state index in [9.17, 15) is 9.59 Å². The van der Waals surface area contributed by atoms with E-state index < -0.39 is 12.0 Å². The zero-order chi connectivity index (χ0) is 12.7. The van der Waals surface area contributed by atoms with Crippen molar-refractivity contribution in [2.24, 2.45) is 0 Å². The molecule has 0 saturated carbocycles. The van der Waals surface area contributed by atoms with Gasteiger partial charge in [-0.15, -0.1) is 12.3 Å². The molecule has 1 heterocycles. The molecule has 0 bridgehead atoms. The monoisotopic (exact) mass is 235 g/mol. The van der Waals surface area contributed by atoms with Crippen molar-refractivity contribution in [3.8, 4) is 12.3 Å². The molecular weight excluding hydrogens is 222 g/mol. The Balaban J connectivity index is 2.52. The van der Waals surface area contributed by atoms with Crippen molar-refractivity contribution in [1.29, 1.82) is 0 Å². The predicted octanol–water partition coefficient (Wildman–Crippen LogP) is -0.0650. The molecule has 0 spiro atoms. The van der Waals surface area contributed by atoms with E-state index in [1.807, 2.05) is 0 Å². The summed E-state index contributed by atoms with van der Waals surface area (Å²) in [6.07, 6.45) is 8.57. The van der Waals surface area contributed by atoms with E-state index in [-0.39, 0.29) is 18.7 Å². The highest BCUT2D eigenvalue weighted by molar-refractivity contribution is 5.83. The van der Waals surface area contributed by atoms with Crippen LogP contribution in [-0.2, 0) is 16.0 Å². The van der Waals surface area contributed by atoms with Gasteiger partial charge in [0, 0.05) is 31.2 Å². The highest BCUT2D eigenvalue weighted by Crippen LogP contribution is 2.00. The number of carbonyl (C=O) groups excluding carboxylic acids is 1. The van der Waals surface area contributed by atoms with Crippen LogP contribution in [0.1, 0.15) is 18.5 Å². The van der Waals surface area contributed by atoms with Crippen LogP contribution in [0.3, 0.4) is 0 Å². The minimum Gasteiger partial charge on any atom is -0.480 e. The van der Waals surface area contributed by atoms with Crippen LogP contribution in [-0.4, -0.2) is 33.0 Å². The van der Waals surface area contributed by atoms with Crippen molar-refractivity contribution in [2.75, 3.05) is 0 Å². The van der Waals surface area contributed by atoms with Gasteiger partial charge in [0.2, 0.25) is 5.91 Å². The summed E-state index contributed by atoms with van der Waals surface area (Å²) in [5.41, 5.74) is 0.648. The molecule has 1 aromatic rings. The van der Waals surface area contributed by atoms with E-state index in [1.54, 1.807) is 0 Å². The molecule has 17 heavy (non-hydrogen) atoms. The number of carbonyl (C=O) groups is 2. The molecule has 0 saturated heterocycles. The van der Waals surface area contributed by atoms with Crippen LogP contribution >= 0.6 is 0 Å². The molecule has 0 aromatic carbocycles. The van der Waals surface area contributed by atoms with Crippen LogP contribution in [0.4, 0.5) is 0 Å². The highest BCUT2D eigenvalue weighted by Gasteiger charge is 2.20. The molecule has 6 heteroatoms. The largest absolute Gasteiger partial charge is 0.480 e. The van der Waals surface area contributed by atoms with Crippen molar-refractivity contribution in [3.63, 3.8) is 0 Å². The Bertz CT molecular complexity index is 420. The van der Waals surface area contributed by atoms with E-state index in [2.05, 4.69) is 21.2 Å². The van der Waals surface area contributed by atoms with E-state index in [1.165, 1.54) is 12.5 Å². The fourth-order valence-corrected chi connectivity index (χ4v) is 1.27. The smallest absolute Gasteiger partial charge is 0.326 e. The van der Waals surface area contributed by atoms with E-state index in [0.29, 0.717) is 12.1 Å². The van der Waals surface area contributed by atoms with Gasteiger partial charge in [-0.2, -0.15) is 0 Å². The van der Waals surface area contributed by atoms with Gasteiger partial charge in [-0.1, -0.05) is 0 Å². The summed E-state index contributed by atoms with van der Waals surface area (Å²) in [5.74, 6) is 0.867. The Labute approximate surface area is 98.4 Å². The second-order valence-corrected chi connectivity index (χ2v) is 3.44. The summed E-state index contributed by atoms with van der Waals surface area (Å²) < 4.78 is 0. The second kappa shape index (κ2) is 6.33. The first kappa shape index (κ1) is 12.8. The summed E-state index contributed by atoms with van der Waals surface area (Å²) in [7, 11) is 0. The third-order valence-corrected chi connectivity index (χ3v) is 2.11. The van der Waals surface area contributed by atoms with Crippen molar-refractivity contribution >= 4 is 11.9 Å². The number of imidazole rings is 1. The number of hydrogen-bond donors (Lipinski definition) is 3. The SMILES string of the molecule is C#CCCC(=O)N[C@H](Cc1cnc[nH]1)C(=O)O. The van der Waals surface area contributed by atoms with Crippen molar-refractivity contribution in [3.05, 3.63) is 18.2 Å². The lowest BCUT2D eigenvalue weighted by molar-refractivity contribution is -0.141. The maximum atomic E-state index is 11.3. The molecule has 1 amide bonds. The number of rotatable bonds is 6. The zero-order valence-electron chi connectivity index (χ0n) is 9.14. The lowest BCUT2D eigenvalue weighted by atomic mass is 10.1. The minimum atomic E-state index is -1.09. The van der Waals surface area contributed by atoms with Crippen LogP contribution in [0, 0.1) is 12.3 Å². The first-order valence-corrected chi connectivity index (χ1v) is 5.06. The lowest BCUT2D eigenvalue weighted by Crippen LogP contribution is -2.42. The summed E-state index contributed by atoms with van der Waals surface area (Å²) in [5, 5.41) is 11.4. The predicted molar refractivity (Wildman–Crippen MR) is 59.9 cm³/mol. The Kier molecular flexibility index (Phi) is 4.76. The van der Waals surface area contributed by atoms with Crippen molar-refractivity contribution < 1.29 is 14.7 Å². The lowest BCUT2D eigenvalue weighted by Gasteiger charge is -2.12. The Hall–Kier alpha value is -2.29. The first-order chi connectivity index (χ1) is 8.13. The Morgan fingerprint density at radius 1 is 1.65 bits per heavy atom. The molecule has 3 N–H and O–H groups in total. The number of aliphatic carboxylic acids is 1. The van der Waals surface area contributed by atoms with Gasteiger partial charge in [-0.3, -0.25) is 4.79 Å². The van der Waals surface area contributed by atoms with Crippen LogP contribution in [0.5, 0.6) is 0 Å². The van der Waals surface area contributed by atoms with Crippen molar-refractivity contribution in [2.45, 2.75) is 25.3 Å². The number of aromatic amines is 1. The van der Waals surface area contributed by atoms with Gasteiger partial charge in [0.15, 0.2) is 0 Å². The van der Waals surface area contributed by atoms with Gasteiger partial charge in [0.25, 0.3) is 0 Å². The molecule has 0 fully saturated rings. The van der Waals surface area contributed by atoms with Crippen LogP contribution in [0.15, 0.2) is 12.5 Å². The Morgan fingerprint density at radius 2 is 2.41 bits per heavy atom. The number of hydrogen-bond acceptors (Lipinski definition) is 3. The number of amides is 1. The fourth-order valence-electron chi connectivity index (χ4n) is 1.27. The Morgan fingerprint density at radius 3 is 2.94 bits per heavy atom. The van der Waals surface area contributed by atoms with Gasteiger partial charge in [0.05, 0.1) is 6.33 Å². The molecule has 0 aliphatic heterocycles. The van der Waals surface area contributed by atoms with Gasteiger partial charge >= 0.3 is 5.97 Å². The standard InChI is InChI=1S/C11H13N3O3/c1-2-3-4-10(15)14-9(11(16)17)5-8-6-12-7-13-8/h1,6-7,9H,3-5H2,(H,12,13)(H,14,15)(H,16,17)/t9-/m1/s1. The molecule has 0 aliphatic carbocycles. The average molecular weight is 235 g/mol. The third kappa shape index (κ3) is 4.38. The minimum absolute atomic E-state index is 0.128. The molecule has 6 nitrogen and oxygen atoms in total. The quantitative estimate of drug-likeness (QED) is 0.602. The molecule has 1 atom stereocenters. The van der Waals surface area contributed by atoms with E-state index in [4.69, 9.17) is 11.5 Å². The summed E-state index contributed by atoms with van der Waals surface area (Å²) >= 11 is 0. The number of H-pyrrole nitrogens is 1. The van der Waals surface area contributed by atoms with Crippen LogP contribution in [0.2, 0.25) is 0 Å².